The van der Waals surface area contributed by atoms with Gasteiger partial charge in [0.1, 0.15) is 0 Å². The lowest BCUT2D eigenvalue weighted by Gasteiger charge is -2.20. The molecule has 9 heteroatoms. The maximum Gasteiger partial charge on any atom is 0.416 e. The van der Waals surface area contributed by atoms with Gasteiger partial charge in [0.05, 0.1) is 39.8 Å². The third kappa shape index (κ3) is 5.07. The van der Waals surface area contributed by atoms with Crippen molar-refractivity contribution in [2.75, 3.05) is 6.54 Å². The number of carbonyl (C=O) groups is 2. The molecule has 0 bridgehead atoms. The Kier molecular flexibility index (Phi) is 7.01. The number of carbonyl (C=O) groups excluding carboxylic acids is 2. The van der Waals surface area contributed by atoms with E-state index in [2.05, 4.69) is 11.7 Å². The highest BCUT2D eigenvalue weighted by atomic mass is 19.4. The third-order valence-corrected chi connectivity index (χ3v) is 5.20. The van der Waals surface area contributed by atoms with Crippen molar-refractivity contribution >= 4 is 11.7 Å². The molecular formula is C25H21F3N4O2. The molecule has 1 amide bonds. The van der Waals surface area contributed by atoms with Crippen LogP contribution in [0, 0.1) is 25.2 Å². The number of nitriles is 1. The van der Waals surface area contributed by atoms with Gasteiger partial charge in [-0.05, 0) is 49.7 Å². The van der Waals surface area contributed by atoms with Gasteiger partial charge in [0.25, 0.3) is 11.7 Å². The summed E-state index contributed by atoms with van der Waals surface area (Å²) in [7, 11) is 0. The van der Waals surface area contributed by atoms with E-state index in [-0.39, 0.29) is 35.7 Å². The molecule has 0 atom stereocenters. The molecule has 34 heavy (non-hydrogen) atoms. The summed E-state index contributed by atoms with van der Waals surface area (Å²) in [6.07, 6.45) is -3.06. The molecule has 0 spiro atoms. The van der Waals surface area contributed by atoms with Crippen LogP contribution in [0.2, 0.25) is 0 Å². The zero-order chi connectivity index (χ0) is 25.0. The van der Waals surface area contributed by atoms with E-state index in [1.54, 1.807) is 24.3 Å². The van der Waals surface area contributed by atoms with Gasteiger partial charge in [0.15, 0.2) is 0 Å². The summed E-state index contributed by atoms with van der Waals surface area (Å²) in [6.45, 7) is 6.83. The lowest BCUT2D eigenvalue weighted by molar-refractivity contribution is -0.137. The number of amides is 1. The molecule has 174 valence electrons. The standard InChI is InChI=1S/C25H21F3N4O2/c1-4-11-31(15-19-8-5-7-18(12-19)14-29)24(34)23(33)22-16(2)30-32(17(22)3)21-10-6-9-20(13-21)25(26,27)28/h4-10,12-13H,1,11,15H2,2-3H3. The number of alkyl halides is 3. The largest absolute Gasteiger partial charge is 0.416 e. The number of aryl methyl sites for hydroxylation is 1. The van der Waals surface area contributed by atoms with Gasteiger partial charge in [-0.25, -0.2) is 4.68 Å². The first-order valence-electron chi connectivity index (χ1n) is 10.2. The number of hydrogen-bond donors (Lipinski definition) is 0. The molecule has 3 rings (SSSR count). The molecular weight excluding hydrogens is 445 g/mol. The topological polar surface area (TPSA) is 79.0 Å². The van der Waals surface area contributed by atoms with Crippen molar-refractivity contribution in [3.8, 4) is 11.8 Å². The number of halogens is 3. The number of Topliss-reactive ketones (excluding diaryl/α,β-unsaturated/α-hetero) is 1. The van der Waals surface area contributed by atoms with E-state index < -0.39 is 23.4 Å². The summed E-state index contributed by atoms with van der Waals surface area (Å²) in [6, 6.07) is 13.3. The van der Waals surface area contributed by atoms with Crippen LogP contribution >= 0.6 is 0 Å². The van der Waals surface area contributed by atoms with Crippen LogP contribution in [-0.4, -0.2) is 32.9 Å². The fourth-order valence-corrected chi connectivity index (χ4v) is 3.62. The molecule has 0 aliphatic rings. The molecule has 0 saturated heterocycles. The summed E-state index contributed by atoms with van der Waals surface area (Å²) >= 11 is 0. The number of benzene rings is 2. The summed E-state index contributed by atoms with van der Waals surface area (Å²) in [5.74, 6) is -1.64. The van der Waals surface area contributed by atoms with Crippen LogP contribution in [0.15, 0.2) is 61.2 Å². The van der Waals surface area contributed by atoms with Gasteiger partial charge in [0, 0.05) is 13.1 Å². The summed E-state index contributed by atoms with van der Waals surface area (Å²) in [5.41, 5.74) is 0.858. The second-order valence-corrected chi connectivity index (χ2v) is 7.62. The van der Waals surface area contributed by atoms with Crippen LogP contribution in [0.5, 0.6) is 0 Å². The van der Waals surface area contributed by atoms with Gasteiger partial charge >= 0.3 is 6.18 Å². The maximum absolute atomic E-state index is 13.2. The molecule has 0 aliphatic carbocycles. The van der Waals surface area contributed by atoms with Crippen molar-refractivity contribution in [1.29, 1.82) is 5.26 Å². The van der Waals surface area contributed by atoms with Crippen LogP contribution in [0.3, 0.4) is 0 Å². The van der Waals surface area contributed by atoms with Crippen molar-refractivity contribution in [3.05, 3.63) is 94.8 Å². The van der Waals surface area contributed by atoms with Crippen LogP contribution in [-0.2, 0) is 17.5 Å². The fourth-order valence-electron chi connectivity index (χ4n) is 3.62. The molecule has 0 fully saturated rings. The monoisotopic (exact) mass is 466 g/mol. The predicted molar refractivity (Wildman–Crippen MR) is 119 cm³/mol. The van der Waals surface area contributed by atoms with E-state index in [9.17, 15) is 22.8 Å². The predicted octanol–water partition coefficient (Wildman–Crippen LogP) is 4.78. The molecule has 3 aromatic rings. The molecule has 0 saturated carbocycles. The zero-order valence-corrected chi connectivity index (χ0v) is 18.6. The Hall–Kier alpha value is -4.19. The Morgan fingerprint density at radius 3 is 2.53 bits per heavy atom. The van der Waals surface area contributed by atoms with Crippen molar-refractivity contribution < 1.29 is 22.8 Å². The van der Waals surface area contributed by atoms with Crippen LogP contribution in [0.4, 0.5) is 13.2 Å². The van der Waals surface area contributed by atoms with E-state index in [1.807, 2.05) is 6.07 Å². The van der Waals surface area contributed by atoms with E-state index >= 15 is 0 Å². The quantitative estimate of drug-likeness (QED) is 0.285. The van der Waals surface area contributed by atoms with Gasteiger partial charge in [-0.3, -0.25) is 9.59 Å². The molecule has 1 aromatic heterocycles. The molecule has 0 N–H and O–H groups in total. The lowest BCUT2D eigenvalue weighted by Crippen LogP contribution is -2.36. The Labute approximate surface area is 194 Å². The molecule has 0 unspecified atom stereocenters. The van der Waals surface area contributed by atoms with Crippen LogP contribution < -0.4 is 0 Å². The van der Waals surface area contributed by atoms with E-state index in [1.165, 1.54) is 41.6 Å². The van der Waals surface area contributed by atoms with Gasteiger partial charge in [0.2, 0.25) is 0 Å². The highest BCUT2D eigenvalue weighted by Crippen LogP contribution is 2.31. The van der Waals surface area contributed by atoms with E-state index in [0.29, 0.717) is 11.1 Å². The molecule has 0 radical (unpaired) electrons. The number of ketones is 1. The molecule has 1 heterocycles. The second kappa shape index (κ2) is 9.75. The normalized spacial score (nSPS) is 11.1. The van der Waals surface area contributed by atoms with Crippen LogP contribution in [0.25, 0.3) is 5.69 Å². The first-order chi connectivity index (χ1) is 16.1. The van der Waals surface area contributed by atoms with Gasteiger partial charge in [-0.15, -0.1) is 6.58 Å². The molecule has 2 aromatic carbocycles. The average molecular weight is 466 g/mol. The highest BCUT2D eigenvalue weighted by Gasteiger charge is 2.32. The van der Waals surface area contributed by atoms with Crippen molar-refractivity contribution in [2.24, 2.45) is 0 Å². The fraction of sp³-hybridized carbons (Fsp3) is 0.200. The minimum Gasteiger partial charge on any atom is -0.328 e. The van der Waals surface area contributed by atoms with Crippen LogP contribution in [0.1, 0.15) is 38.4 Å². The smallest absolute Gasteiger partial charge is 0.328 e. The summed E-state index contributed by atoms with van der Waals surface area (Å²) < 4.78 is 40.6. The third-order valence-electron chi connectivity index (χ3n) is 5.20. The minimum absolute atomic E-state index is 0.0299. The molecule has 6 nitrogen and oxygen atoms in total. The van der Waals surface area contributed by atoms with Crippen molar-refractivity contribution in [1.82, 2.24) is 14.7 Å². The number of hydrogen-bond acceptors (Lipinski definition) is 4. The summed E-state index contributed by atoms with van der Waals surface area (Å²) in [5, 5.41) is 13.3. The number of rotatable bonds is 7. The Balaban J connectivity index is 1.94. The Morgan fingerprint density at radius 2 is 1.88 bits per heavy atom. The van der Waals surface area contributed by atoms with Crippen molar-refractivity contribution in [2.45, 2.75) is 26.6 Å². The summed E-state index contributed by atoms with van der Waals surface area (Å²) in [4.78, 5) is 27.6. The second-order valence-electron chi connectivity index (χ2n) is 7.62. The highest BCUT2D eigenvalue weighted by molar-refractivity contribution is 6.43. The molecule has 0 aliphatic heterocycles. The van der Waals surface area contributed by atoms with Crippen molar-refractivity contribution in [3.63, 3.8) is 0 Å². The average Bonchev–Trinajstić information content (AvgIpc) is 3.11. The van der Waals surface area contributed by atoms with E-state index in [4.69, 9.17) is 5.26 Å². The zero-order valence-electron chi connectivity index (χ0n) is 18.6. The van der Waals surface area contributed by atoms with Gasteiger partial charge < -0.3 is 4.90 Å². The number of nitrogens with zero attached hydrogens (tertiary/aromatic N) is 4. The van der Waals surface area contributed by atoms with E-state index in [0.717, 1.165) is 12.1 Å². The Morgan fingerprint density at radius 1 is 1.18 bits per heavy atom. The van der Waals surface area contributed by atoms with Gasteiger partial charge in [-0.1, -0.05) is 24.3 Å². The lowest BCUT2D eigenvalue weighted by atomic mass is 10.1. The maximum atomic E-state index is 13.2. The first kappa shape index (κ1) is 24.5. The minimum atomic E-state index is -4.53. The van der Waals surface area contributed by atoms with Gasteiger partial charge in [-0.2, -0.15) is 23.5 Å². The first-order valence-corrected chi connectivity index (χ1v) is 10.2. The SMILES string of the molecule is C=CCN(Cc1cccc(C#N)c1)C(=O)C(=O)c1c(C)nn(-c2cccc(C(F)(F)F)c2)c1C. The Bertz CT molecular complexity index is 1300. The number of aromatic nitrogens is 2.